The van der Waals surface area contributed by atoms with Crippen molar-refractivity contribution in [1.29, 1.82) is 0 Å². The van der Waals surface area contributed by atoms with Crippen LogP contribution in [0.5, 0.6) is 0 Å². The Morgan fingerprint density at radius 1 is 1.39 bits per heavy atom. The van der Waals surface area contributed by atoms with E-state index in [9.17, 15) is 0 Å². The largest absolute Gasteiger partial charge is 0.392 e. The fraction of sp³-hybridized carbons (Fsp3) is 0.571. The number of nitrogens with zero attached hydrogens (tertiary/aromatic N) is 1. The van der Waals surface area contributed by atoms with E-state index in [2.05, 4.69) is 33.8 Å². The number of hydrogen-bond acceptors (Lipinski definition) is 3. The first kappa shape index (κ1) is 13.8. The minimum absolute atomic E-state index is 0.0886. The molecule has 3 nitrogen and oxygen atoms in total. The molecule has 0 radical (unpaired) electrons. The lowest BCUT2D eigenvalue weighted by Crippen LogP contribution is -2.37. The second-order valence-corrected chi connectivity index (χ2v) is 5.44. The van der Waals surface area contributed by atoms with E-state index in [1.807, 2.05) is 12.1 Å². The van der Waals surface area contributed by atoms with Gasteiger partial charge in [0.25, 0.3) is 0 Å². The standard InChI is InChI=1S/C14H20BrNO2/c1-2-18-12-5-7-16(8-6-12)14-4-3-11(10-17)9-13(14)15/h3-4,9,12,17H,2,5-8,10H2,1H3. The molecule has 1 aromatic rings. The third kappa shape index (κ3) is 3.25. The highest BCUT2D eigenvalue weighted by Gasteiger charge is 2.20. The van der Waals surface area contributed by atoms with Gasteiger partial charge in [-0.15, -0.1) is 0 Å². The first-order valence-electron chi connectivity index (χ1n) is 6.50. The van der Waals surface area contributed by atoms with Crippen molar-refractivity contribution in [3.8, 4) is 0 Å². The molecule has 1 fully saturated rings. The van der Waals surface area contributed by atoms with Crippen molar-refractivity contribution in [3.05, 3.63) is 28.2 Å². The molecule has 0 amide bonds. The van der Waals surface area contributed by atoms with Crippen LogP contribution in [-0.4, -0.2) is 30.9 Å². The number of hydrogen-bond donors (Lipinski definition) is 1. The van der Waals surface area contributed by atoms with E-state index < -0.39 is 0 Å². The molecule has 1 aromatic carbocycles. The summed E-state index contributed by atoms with van der Waals surface area (Å²) in [7, 11) is 0. The van der Waals surface area contributed by atoms with Crippen LogP contribution in [0.25, 0.3) is 0 Å². The number of piperidine rings is 1. The Hall–Kier alpha value is -0.580. The Kier molecular flexibility index (Phi) is 5.03. The Balaban J connectivity index is 2.01. The van der Waals surface area contributed by atoms with Gasteiger partial charge in [0.1, 0.15) is 0 Å². The van der Waals surface area contributed by atoms with Gasteiger partial charge in [0, 0.05) is 24.2 Å². The first-order chi connectivity index (χ1) is 8.74. The van der Waals surface area contributed by atoms with Crippen molar-refractivity contribution in [2.45, 2.75) is 32.5 Å². The molecule has 1 aliphatic heterocycles. The average Bonchev–Trinajstić information content (AvgIpc) is 2.40. The summed E-state index contributed by atoms with van der Waals surface area (Å²) in [4.78, 5) is 2.38. The highest BCUT2D eigenvalue weighted by Crippen LogP contribution is 2.30. The van der Waals surface area contributed by atoms with Crippen LogP contribution >= 0.6 is 15.9 Å². The number of halogens is 1. The van der Waals surface area contributed by atoms with Gasteiger partial charge in [-0.25, -0.2) is 0 Å². The minimum atomic E-state index is 0.0886. The fourth-order valence-corrected chi connectivity index (χ4v) is 3.08. The fourth-order valence-electron chi connectivity index (χ4n) is 2.40. The molecule has 0 saturated carbocycles. The van der Waals surface area contributed by atoms with Crippen LogP contribution in [0.1, 0.15) is 25.3 Å². The average molecular weight is 314 g/mol. The molecule has 0 atom stereocenters. The molecule has 1 heterocycles. The highest BCUT2D eigenvalue weighted by molar-refractivity contribution is 9.10. The summed E-state index contributed by atoms with van der Waals surface area (Å²) in [6.45, 7) is 5.00. The molecule has 0 spiro atoms. The van der Waals surface area contributed by atoms with Gasteiger partial charge < -0.3 is 14.7 Å². The molecule has 2 rings (SSSR count). The van der Waals surface area contributed by atoms with E-state index in [1.54, 1.807) is 0 Å². The predicted molar refractivity (Wildman–Crippen MR) is 76.9 cm³/mol. The minimum Gasteiger partial charge on any atom is -0.392 e. The van der Waals surface area contributed by atoms with Crippen LogP contribution in [0, 0.1) is 0 Å². The summed E-state index contributed by atoms with van der Waals surface area (Å²) in [6.07, 6.45) is 2.59. The Labute approximate surface area is 117 Å². The van der Waals surface area contributed by atoms with Gasteiger partial charge in [-0.2, -0.15) is 0 Å². The maximum absolute atomic E-state index is 9.11. The Bertz CT molecular complexity index is 389. The van der Waals surface area contributed by atoms with Crippen molar-refractivity contribution in [2.24, 2.45) is 0 Å². The lowest BCUT2D eigenvalue weighted by Gasteiger charge is -2.34. The highest BCUT2D eigenvalue weighted by atomic mass is 79.9. The molecule has 0 aromatic heterocycles. The normalized spacial score (nSPS) is 17.2. The Morgan fingerprint density at radius 2 is 2.11 bits per heavy atom. The van der Waals surface area contributed by atoms with Gasteiger partial charge in [-0.05, 0) is 53.4 Å². The van der Waals surface area contributed by atoms with Gasteiger partial charge >= 0.3 is 0 Å². The number of benzene rings is 1. The summed E-state index contributed by atoms with van der Waals surface area (Å²) >= 11 is 3.59. The Morgan fingerprint density at radius 3 is 2.67 bits per heavy atom. The second-order valence-electron chi connectivity index (χ2n) is 4.59. The summed E-state index contributed by atoms with van der Waals surface area (Å²) in [5, 5.41) is 9.11. The van der Waals surface area contributed by atoms with Crippen molar-refractivity contribution in [3.63, 3.8) is 0 Å². The van der Waals surface area contributed by atoms with Gasteiger partial charge in [-0.3, -0.25) is 0 Å². The van der Waals surface area contributed by atoms with E-state index in [-0.39, 0.29) is 6.61 Å². The van der Waals surface area contributed by atoms with Crippen molar-refractivity contribution in [1.82, 2.24) is 0 Å². The summed E-state index contributed by atoms with van der Waals surface area (Å²) in [5.41, 5.74) is 2.15. The molecule has 1 aliphatic rings. The SMILES string of the molecule is CCOC1CCN(c2ccc(CO)cc2Br)CC1. The van der Waals surface area contributed by atoms with Crippen molar-refractivity contribution in [2.75, 3.05) is 24.6 Å². The van der Waals surface area contributed by atoms with Gasteiger partial charge in [0.15, 0.2) is 0 Å². The molecular weight excluding hydrogens is 294 g/mol. The van der Waals surface area contributed by atoms with E-state index in [0.717, 1.165) is 42.6 Å². The number of aliphatic hydroxyl groups is 1. The lowest BCUT2D eigenvalue weighted by molar-refractivity contribution is 0.0459. The van der Waals surface area contributed by atoms with Gasteiger partial charge in [-0.1, -0.05) is 6.07 Å². The number of ether oxygens (including phenoxy) is 1. The molecule has 0 unspecified atom stereocenters. The molecular formula is C14H20BrNO2. The topological polar surface area (TPSA) is 32.7 Å². The second kappa shape index (κ2) is 6.55. The number of rotatable bonds is 4. The zero-order chi connectivity index (χ0) is 13.0. The van der Waals surface area contributed by atoms with Crippen molar-refractivity contribution >= 4 is 21.6 Å². The van der Waals surface area contributed by atoms with Crippen LogP contribution in [-0.2, 0) is 11.3 Å². The maximum Gasteiger partial charge on any atom is 0.0682 e. The summed E-state index contributed by atoms with van der Waals surface area (Å²) < 4.78 is 6.72. The molecule has 0 aliphatic carbocycles. The number of aliphatic hydroxyl groups excluding tert-OH is 1. The van der Waals surface area contributed by atoms with Gasteiger partial charge in [0.05, 0.1) is 18.4 Å². The van der Waals surface area contributed by atoms with Crippen LogP contribution < -0.4 is 4.90 Å². The molecule has 1 N–H and O–H groups in total. The van der Waals surface area contributed by atoms with E-state index >= 15 is 0 Å². The predicted octanol–water partition coefficient (Wildman–Crippen LogP) is 2.95. The molecule has 18 heavy (non-hydrogen) atoms. The van der Waals surface area contributed by atoms with Crippen LogP contribution in [0.3, 0.4) is 0 Å². The molecule has 4 heteroatoms. The zero-order valence-corrected chi connectivity index (χ0v) is 12.3. The third-order valence-electron chi connectivity index (χ3n) is 3.38. The molecule has 100 valence electrons. The summed E-state index contributed by atoms with van der Waals surface area (Å²) in [5.74, 6) is 0. The zero-order valence-electron chi connectivity index (χ0n) is 10.7. The maximum atomic E-state index is 9.11. The van der Waals surface area contributed by atoms with Crippen LogP contribution in [0.15, 0.2) is 22.7 Å². The number of anilines is 1. The van der Waals surface area contributed by atoms with E-state index in [4.69, 9.17) is 9.84 Å². The summed E-state index contributed by atoms with van der Waals surface area (Å²) in [6, 6.07) is 6.05. The molecule has 1 saturated heterocycles. The molecule has 0 bridgehead atoms. The van der Waals surface area contributed by atoms with Crippen LogP contribution in [0.2, 0.25) is 0 Å². The quantitative estimate of drug-likeness (QED) is 0.927. The van der Waals surface area contributed by atoms with Crippen LogP contribution in [0.4, 0.5) is 5.69 Å². The lowest BCUT2D eigenvalue weighted by atomic mass is 10.1. The smallest absolute Gasteiger partial charge is 0.0682 e. The van der Waals surface area contributed by atoms with E-state index in [0.29, 0.717) is 6.10 Å². The van der Waals surface area contributed by atoms with E-state index in [1.165, 1.54) is 5.69 Å². The van der Waals surface area contributed by atoms with Gasteiger partial charge in [0.2, 0.25) is 0 Å². The van der Waals surface area contributed by atoms with Crippen molar-refractivity contribution < 1.29 is 9.84 Å². The first-order valence-corrected chi connectivity index (χ1v) is 7.29. The third-order valence-corrected chi connectivity index (χ3v) is 4.01. The monoisotopic (exact) mass is 313 g/mol.